The van der Waals surface area contributed by atoms with E-state index in [1.807, 2.05) is 18.2 Å². The summed E-state index contributed by atoms with van der Waals surface area (Å²) in [6, 6.07) is 10.7. The van der Waals surface area contributed by atoms with Crippen molar-refractivity contribution in [2.75, 3.05) is 0 Å². The van der Waals surface area contributed by atoms with Gasteiger partial charge in [0.1, 0.15) is 11.5 Å². The lowest BCUT2D eigenvalue weighted by atomic mass is 9.92. The molecule has 2 aromatic rings. The van der Waals surface area contributed by atoms with Gasteiger partial charge in [-0.05, 0) is 59.4 Å². The molecule has 0 fully saturated rings. The molecule has 2 aromatic carbocycles. The van der Waals surface area contributed by atoms with E-state index in [2.05, 4.69) is 13.8 Å². The number of hydrogen-bond donors (Lipinski definition) is 2. The molecule has 0 aliphatic carbocycles. The van der Waals surface area contributed by atoms with Gasteiger partial charge in [-0.15, -0.1) is 0 Å². The van der Waals surface area contributed by atoms with Gasteiger partial charge < -0.3 is 10.2 Å². The van der Waals surface area contributed by atoms with E-state index in [-0.39, 0.29) is 5.75 Å². The van der Waals surface area contributed by atoms with E-state index in [9.17, 15) is 10.2 Å². The Bertz CT molecular complexity index is 542. The molecule has 2 heteroatoms. The zero-order valence-electron chi connectivity index (χ0n) is 10.8. The van der Waals surface area contributed by atoms with E-state index in [0.717, 1.165) is 24.0 Å². The molecular weight excluding hydrogens is 224 g/mol. The molecule has 0 aliphatic heterocycles. The first-order valence-corrected chi connectivity index (χ1v) is 6.29. The first kappa shape index (κ1) is 12.5. The van der Waals surface area contributed by atoms with Crippen molar-refractivity contribution in [3.8, 4) is 22.6 Å². The fourth-order valence-corrected chi connectivity index (χ4v) is 2.35. The van der Waals surface area contributed by atoms with Crippen LogP contribution in [0.5, 0.6) is 11.5 Å². The number of benzene rings is 2. The molecule has 0 saturated heterocycles. The van der Waals surface area contributed by atoms with Crippen molar-refractivity contribution >= 4 is 0 Å². The van der Waals surface area contributed by atoms with Crippen molar-refractivity contribution in [1.82, 2.24) is 0 Å². The van der Waals surface area contributed by atoms with E-state index in [4.69, 9.17) is 0 Å². The first-order valence-electron chi connectivity index (χ1n) is 6.29. The predicted molar refractivity (Wildman–Crippen MR) is 74.0 cm³/mol. The summed E-state index contributed by atoms with van der Waals surface area (Å²) in [7, 11) is 0. The molecule has 0 radical (unpaired) electrons. The topological polar surface area (TPSA) is 40.5 Å². The second-order valence-corrected chi connectivity index (χ2v) is 4.38. The highest BCUT2D eigenvalue weighted by atomic mass is 16.3. The molecule has 0 amide bonds. The zero-order valence-corrected chi connectivity index (χ0v) is 10.8. The molecule has 0 heterocycles. The highest BCUT2D eigenvalue weighted by Crippen LogP contribution is 2.32. The molecule has 0 aromatic heterocycles. The smallest absolute Gasteiger partial charge is 0.116 e. The Morgan fingerprint density at radius 2 is 1.50 bits per heavy atom. The molecule has 2 N–H and O–H groups in total. The lowest BCUT2D eigenvalue weighted by molar-refractivity contribution is 0.474. The van der Waals surface area contributed by atoms with Gasteiger partial charge in [0.2, 0.25) is 0 Å². The van der Waals surface area contributed by atoms with Crippen molar-refractivity contribution in [2.45, 2.75) is 26.7 Å². The Labute approximate surface area is 108 Å². The largest absolute Gasteiger partial charge is 0.508 e. The highest BCUT2D eigenvalue weighted by Gasteiger charge is 2.10. The lowest BCUT2D eigenvalue weighted by Crippen LogP contribution is -1.95. The summed E-state index contributed by atoms with van der Waals surface area (Å²) in [6.45, 7) is 4.21. The summed E-state index contributed by atoms with van der Waals surface area (Å²) in [6.07, 6.45) is 1.84. The van der Waals surface area contributed by atoms with Gasteiger partial charge in [-0.1, -0.05) is 26.0 Å². The Balaban J connectivity index is 2.62. The Morgan fingerprint density at radius 1 is 0.833 bits per heavy atom. The summed E-state index contributed by atoms with van der Waals surface area (Å²) < 4.78 is 0. The van der Waals surface area contributed by atoms with Crippen LogP contribution in [-0.2, 0) is 12.8 Å². The second kappa shape index (κ2) is 5.13. The maximum absolute atomic E-state index is 9.81. The number of phenols is 2. The molecule has 2 nitrogen and oxygen atoms in total. The van der Waals surface area contributed by atoms with E-state index in [1.165, 1.54) is 11.1 Å². The van der Waals surface area contributed by atoms with Gasteiger partial charge in [-0.2, -0.15) is 0 Å². The number of rotatable bonds is 3. The molecular formula is C16H18O2. The fourth-order valence-electron chi connectivity index (χ4n) is 2.35. The monoisotopic (exact) mass is 242 g/mol. The minimum Gasteiger partial charge on any atom is -0.508 e. The van der Waals surface area contributed by atoms with E-state index in [1.54, 1.807) is 18.2 Å². The summed E-state index contributed by atoms with van der Waals surface area (Å²) >= 11 is 0. The lowest BCUT2D eigenvalue weighted by Gasteiger charge is -2.14. The normalized spacial score (nSPS) is 10.6. The number of aromatic hydroxyl groups is 2. The van der Waals surface area contributed by atoms with Crippen molar-refractivity contribution in [2.24, 2.45) is 0 Å². The molecule has 0 bridgehead atoms. The van der Waals surface area contributed by atoms with Crippen LogP contribution in [0.2, 0.25) is 0 Å². The molecule has 2 rings (SSSR count). The molecule has 0 atom stereocenters. The molecule has 0 unspecified atom stereocenters. The van der Waals surface area contributed by atoms with Crippen molar-refractivity contribution < 1.29 is 10.2 Å². The third kappa shape index (κ3) is 2.33. The van der Waals surface area contributed by atoms with Crippen LogP contribution >= 0.6 is 0 Å². The summed E-state index contributed by atoms with van der Waals surface area (Å²) in [5.41, 5.74) is 4.52. The molecule has 0 saturated carbocycles. The minimum atomic E-state index is 0.257. The Kier molecular flexibility index (Phi) is 3.56. The van der Waals surface area contributed by atoms with Crippen LogP contribution in [0.15, 0.2) is 36.4 Å². The average Bonchev–Trinajstić information content (AvgIpc) is 2.38. The van der Waals surface area contributed by atoms with Gasteiger partial charge in [0.05, 0.1) is 0 Å². The number of hydrogen-bond acceptors (Lipinski definition) is 2. The van der Waals surface area contributed by atoms with Crippen LogP contribution in [-0.4, -0.2) is 10.2 Å². The predicted octanol–water partition coefficient (Wildman–Crippen LogP) is 3.89. The Morgan fingerprint density at radius 3 is 2.06 bits per heavy atom. The maximum Gasteiger partial charge on any atom is 0.116 e. The van der Waals surface area contributed by atoms with Crippen LogP contribution < -0.4 is 0 Å². The van der Waals surface area contributed by atoms with Gasteiger partial charge in [0, 0.05) is 0 Å². The highest BCUT2D eigenvalue weighted by molar-refractivity contribution is 5.71. The third-order valence-electron chi connectivity index (χ3n) is 3.24. The average molecular weight is 242 g/mol. The zero-order chi connectivity index (χ0) is 13.1. The van der Waals surface area contributed by atoms with Gasteiger partial charge in [-0.3, -0.25) is 0 Å². The molecule has 0 aliphatic rings. The first-order chi connectivity index (χ1) is 8.65. The maximum atomic E-state index is 9.81. The molecule has 0 spiro atoms. The van der Waals surface area contributed by atoms with Crippen LogP contribution in [0.1, 0.15) is 25.0 Å². The van der Waals surface area contributed by atoms with Gasteiger partial charge >= 0.3 is 0 Å². The van der Waals surface area contributed by atoms with Crippen molar-refractivity contribution in [3.05, 3.63) is 47.5 Å². The van der Waals surface area contributed by atoms with Gasteiger partial charge in [-0.25, -0.2) is 0 Å². The SMILES string of the molecule is CCc1cc(O)cc(-c2ccc(O)cc2)c1CC. The van der Waals surface area contributed by atoms with Crippen LogP contribution in [0, 0.1) is 0 Å². The standard InChI is InChI=1S/C16H18O2/c1-3-11-9-14(18)10-16(15(11)4-2)12-5-7-13(17)8-6-12/h5-10,17-18H,3-4H2,1-2H3. The number of aryl methyl sites for hydroxylation is 1. The van der Waals surface area contributed by atoms with E-state index >= 15 is 0 Å². The fraction of sp³-hybridized carbons (Fsp3) is 0.250. The second-order valence-electron chi connectivity index (χ2n) is 4.38. The third-order valence-corrected chi connectivity index (χ3v) is 3.24. The summed E-state index contributed by atoms with van der Waals surface area (Å²) in [5.74, 6) is 0.555. The molecule has 94 valence electrons. The van der Waals surface area contributed by atoms with Crippen molar-refractivity contribution in [1.29, 1.82) is 0 Å². The summed E-state index contributed by atoms with van der Waals surface area (Å²) in [5, 5.41) is 19.1. The van der Waals surface area contributed by atoms with Gasteiger partial charge in [0.15, 0.2) is 0 Å². The Hall–Kier alpha value is -1.96. The van der Waals surface area contributed by atoms with Crippen LogP contribution in [0.3, 0.4) is 0 Å². The van der Waals surface area contributed by atoms with Crippen LogP contribution in [0.25, 0.3) is 11.1 Å². The van der Waals surface area contributed by atoms with E-state index < -0.39 is 0 Å². The van der Waals surface area contributed by atoms with E-state index in [0.29, 0.717) is 5.75 Å². The van der Waals surface area contributed by atoms with Crippen LogP contribution in [0.4, 0.5) is 0 Å². The van der Waals surface area contributed by atoms with Gasteiger partial charge in [0.25, 0.3) is 0 Å². The minimum absolute atomic E-state index is 0.257. The van der Waals surface area contributed by atoms with Crippen molar-refractivity contribution in [3.63, 3.8) is 0 Å². The summed E-state index contributed by atoms with van der Waals surface area (Å²) in [4.78, 5) is 0. The number of phenolic OH excluding ortho intramolecular Hbond substituents is 2. The molecule has 18 heavy (non-hydrogen) atoms. The quantitative estimate of drug-likeness (QED) is 0.857.